The van der Waals surface area contributed by atoms with Crippen LogP contribution in [0.5, 0.6) is 0 Å². The summed E-state index contributed by atoms with van der Waals surface area (Å²) in [5.74, 6) is -0.286. The van der Waals surface area contributed by atoms with Gasteiger partial charge in [-0.1, -0.05) is 269 Å². The number of carbonyl (C=O) groups excluding carboxylic acids is 1. The molecule has 0 aromatic heterocycles. The lowest BCUT2D eigenvalue weighted by Crippen LogP contribution is -2.66. The maximum absolute atomic E-state index is 13.4. The van der Waals surface area contributed by atoms with Crippen LogP contribution in [0.25, 0.3) is 0 Å². The Labute approximate surface area is 549 Å². The van der Waals surface area contributed by atoms with Gasteiger partial charge in [-0.05, 0) is 44.9 Å². The van der Waals surface area contributed by atoms with E-state index in [1.807, 2.05) is 6.08 Å². The van der Waals surface area contributed by atoms with Crippen molar-refractivity contribution < 1.29 is 89.4 Å². The first kappa shape index (κ1) is 83.2. The van der Waals surface area contributed by atoms with Gasteiger partial charge in [0.15, 0.2) is 18.9 Å². The molecule has 3 fully saturated rings. The standard InChI is InChI=1S/C72H133NO18/c1-3-5-7-9-11-13-15-17-19-21-22-23-24-25-26-27-28-29-30-31-32-34-35-37-39-41-43-45-47-49-56(77)55(73-60(78)50-48-46-44-42-40-38-36-33-20-18-16-14-12-10-8-6-4-2)54-86-70-66(84)63(81)68(58(52-75)88-70)91-72-67(85)64(82)69(59(53-76)89-72)90-71-65(83)62(80)61(79)57(51-74)87-71/h32,34,39,41,47,49,55-59,61-72,74-77,79-85H,3-31,33,35-38,40,42-46,48,50-54H2,1-2H3,(H,73,78)/b34-32+,41-39+,49-47+. The van der Waals surface area contributed by atoms with Gasteiger partial charge in [0.2, 0.25) is 5.91 Å². The summed E-state index contributed by atoms with van der Waals surface area (Å²) < 4.78 is 34.3. The van der Waals surface area contributed by atoms with E-state index in [0.29, 0.717) is 12.8 Å². The molecule has 19 nitrogen and oxygen atoms in total. The van der Waals surface area contributed by atoms with E-state index in [9.17, 15) is 61.0 Å². The van der Waals surface area contributed by atoms with Crippen LogP contribution >= 0.6 is 0 Å². The van der Waals surface area contributed by atoms with E-state index in [1.165, 1.54) is 205 Å². The minimum absolute atomic E-state index is 0.236. The lowest BCUT2D eigenvalue weighted by atomic mass is 9.96. The van der Waals surface area contributed by atoms with Crippen LogP contribution in [0.4, 0.5) is 0 Å². The fraction of sp³-hybridized carbons (Fsp3) is 0.903. The molecule has 3 rings (SSSR count). The summed E-state index contributed by atoms with van der Waals surface area (Å²) in [6.07, 6.45) is 37.1. The number of rotatable bonds is 57. The number of amides is 1. The SMILES string of the molecule is CCCCCCCCCCCCCCCCCCCCC/C=C/CC/C=C/CC/C=C/C(O)C(COC1OC(CO)C(OC2OC(CO)C(OC3OC(CO)C(O)C(O)C3O)C(O)C2O)C(O)C1O)NC(=O)CCCCCCCCCCCCCCCCCCC. The van der Waals surface area contributed by atoms with E-state index in [0.717, 1.165) is 44.9 Å². The molecule has 0 aromatic rings. The Kier molecular flexibility index (Phi) is 49.5. The van der Waals surface area contributed by atoms with Gasteiger partial charge in [-0.2, -0.15) is 0 Å². The van der Waals surface area contributed by atoms with Crippen molar-refractivity contribution in [3.63, 3.8) is 0 Å². The number of allylic oxidation sites excluding steroid dienone is 5. The summed E-state index contributed by atoms with van der Waals surface area (Å²) in [6, 6.07) is -0.994. The van der Waals surface area contributed by atoms with Gasteiger partial charge in [0.25, 0.3) is 0 Å². The smallest absolute Gasteiger partial charge is 0.220 e. The van der Waals surface area contributed by atoms with Gasteiger partial charge in [-0.3, -0.25) is 4.79 Å². The van der Waals surface area contributed by atoms with Crippen molar-refractivity contribution >= 4 is 5.91 Å². The third-order valence-electron chi connectivity index (χ3n) is 18.4. The predicted octanol–water partition coefficient (Wildman–Crippen LogP) is 10.4. The Bertz CT molecular complexity index is 1790. The third-order valence-corrected chi connectivity index (χ3v) is 18.4. The number of hydrogen-bond acceptors (Lipinski definition) is 18. The van der Waals surface area contributed by atoms with Crippen LogP contribution in [-0.4, -0.2) is 193 Å². The molecule has 17 unspecified atom stereocenters. The van der Waals surface area contributed by atoms with Crippen molar-refractivity contribution in [1.82, 2.24) is 5.32 Å². The Morgan fingerprint density at radius 3 is 1.10 bits per heavy atom. The van der Waals surface area contributed by atoms with Crippen LogP contribution in [0.2, 0.25) is 0 Å². The highest BCUT2D eigenvalue weighted by molar-refractivity contribution is 5.76. The Morgan fingerprint density at radius 2 is 0.703 bits per heavy atom. The number of hydrogen-bond donors (Lipinski definition) is 12. The normalized spacial score (nSPS) is 28.0. The largest absolute Gasteiger partial charge is 0.394 e. The van der Waals surface area contributed by atoms with Crippen molar-refractivity contribution in [2.24, 2.45) is 0 Å². The van der Waals surface area contributed by atoms with Gasteiger partial charge in [0.05, 0.1) is 38.6 Å². The van der Waals surface area contributed by atoms with E-state index in [-0.39, 0.29) is 18.9 Å². The van der Waals surface area contributed by atoms with Crippen LogP contribution < -0.4 is 5.32 Å². The summed E-state index contributed by atoms with van der Waals surface area (Å²) in [6.45, 7) is 1.74. The van der Waals surface area contributed by atoms with Crippen molar-refractivity contribution in [3.8, 4) is 0 Å². The number of carbonyl (C=O) groups is 1. The molecule has 3 heterocycles. The van der Waals surface area contributed by atoms with Crippen LogP contribution in [-0.2, 0) is 33.2 Å². The summed E-state index contributed by atoms with van der Waals surface area (Å²) >= 11 is 0. The molecule has 3 saturated heterocycles. The molecule has 0 spiro atoms. The molecule has 0 aliphatic carbocycles. The number of ether oxygens (including phenoxy) is 6. The highest BCUT2D eigenvalue weighted by Gasteiger charge is 2.53. The summed E-state index contributed by atoms with van der Waals surface area (Å²) in [5, 5.41) is 121. The zero-order valence-electron chi connectivity index (χ0n) is 56.6. The van der Waals surface area contributed by atoms with Gasteiger partial charge < -0.3 is 89.9 Å². The summed E-state index contributed by atoms with van der Waals surface area (Å²) in [7, 11) is 0. The molecule has 3 aliphatic rings. The minimum atomic E-state index is -1.98. The molecule has 534 valence electrons. The second kappa shape index (κ2) is 54.1. The number of aliphatic hydroxyl groups excluding tert-OH is 11. The van der Waals surface area contributed by atoms with E-state index in [1.54, 1.807) is 6.08 Å². The van der Waals surface area contributed by atoms with Crippen molar-refractivity contribution in [1.29, 1.82) is 0 Å². The minimum Gasteiger partial charge on any atom is -0.394 e. The average molecular weight is 1300 g/mol. The van der Waals surface area contributed by atoms with Crippen LogP contribution in [0, 0.1) is 0 Å². The molecule has 12 N–H and O–H groups in total. The summed E-state index contributed by atoms with van der Waals surface area (Å²) in [4.78, 5) is 13.4. The third kappa shape index (κ3) is 35.7. The van der Waals surface area contributed by atoms with Crippen molar-refractivity contribution in [3.05, 3.63) is 36.5 Å². The molecule has 0 aromatic carbocycles. The predicted molar refractivity (Wildman–Crippen MR) is 356 cm³/mol. The molecule has 17 atom stereocenters. The quantitative estimate of drug-likeness (QED) is 0.0199. The first-order valence-electron chi connectivity index (χ1n) is 36.7. The summed E-state index contributed by atoms with van der Waals surface area (Å²) in [5.41, 5.74) is 0. The van der Waals surface area contributed by atoms with E-state index >= 15 is 0 Å². The lowest BCUT2D eigenvalue weighted by molar-refractivity contribution is -0.379. The van der Waals surface area contributed by atoms with Crippen LogP contribution in [0.15, 0.2) is 36.5 Å². The molecule has 91 heavy (non-hydrogen) atoms. The zero-order chi connectivity index (χ0) is 66.1. The topological polar surface area (TPSA) is 307 Å². The Morgan fingerprint density at radius 1 is 0.385 bits per heavy atom. The van der Waals surface area contributed by atoms with Gasteiger partial charge in [-0.25, -0.2) is 0 Å². The van der Waals surface area contributed by atoms with Gasteiger partial charge in [-0.15, -0.1) is 0 Å². The fourth-order valence-electron chi connectivity index (χ4n) is 12.5. The van der Waals surface area contributed by atoms with Crippen molar-refractivity contribution in [2.75, 3.05) is 26.4 Å². The molecule has 0 bridgehead atoms. The maximum Gasteiger partial charge on any atom is 0.220 e. The lowest BCUT2D eigenvalue weighted by Gasteiger charge is -2.48. The molecular weight excluding hydrogens is 1170 g/mol. The second-order valence-corrected chi connectivity index (χ2v) is 26.4. The molecular formula is C72H133NO18. The Balaban J connectivity index is 1.42. The zero-order valence-corrected chi connectivity index (χ0v) is 56.6. The van der Waals surface area contributed by atoms with E-state index in [4.69, 9.17) is 28.4 Å². The van der Waals surface area contributed by atoms with Crippen LogP contribution in [0.3, 0.4) is 0 Å². The van der Waals surface area contributed by atoms with Crippen LogP contribution in [0.1, 0.15) is 284 Å². The molecule has 0 radical (unpaired) electrons. The van der Waals surface area contributed by atoms with Gasteiger partial charge in [0.1, 0.15) is 73.2 Å². The number of aliphatic hydroxyl groups is 11. The van der Waals surface area contributed by atoms with E-state index in [2.05, 4.69) is 43.5 Å². The van der Waals surface area contributed by atoms with Gasteiger partial charge in [0, 0.05) is 6.42 Å². The first-order valence-corrected chi connectivity index (χ1v) is 36.7. The molecule has 3 aliphatic heterocycles. The number of nitrogens with one attached hydrogen (secondary N) is 1. The highest BCUT2D eigenvalue weighted by atomic mass is 16.8. The van der Waals surface area contributed by atoms with Crippen molar-refractivity contribution in [2.45, 2.75) is 388 Å². The average Bonchev–Trinajstić information content (AvgIpc) is 0.885. The first-order chi connectivity index (χ1) is 44.3. The van der Waals surface area contributed by atoms with Gasteiger partial charge >= 0.3 is 0 Å². The van der Waals surface area contributed by atoms with E-state index < -0.39 is 124 Å². The Hall–Kier alpha value is -1.99. The molecule has 19 heteroatoms. The molecule has 1 amide bonds. The highest BCUT2D eigenvalue weighted by Crippen LogP contribution is 2.33. The second-order valence-electron chi connectivity index (χ2n) is 26.4. The molecule has 0 saturated carbocycles. The monoisotopic (exact) mass is 1300 g/mol. The number of unbranched alkanes of at least 4 members (excludes halogenated alkanes) is 37. The fourth-order valence-corrected chi connectivity index (χ4v) is 12.5. The maximum atomic E-state index is 13.4.